The predicted molar refractivity (Wildman–Crippen MR) is 107 cm³/mol. The fourth-order valence-corrected chi connectivity index (χ4v) is 3.65. The Kier molecular flexibility index (Phi) is 3.98. The molecule has 27 heavy (non-hydrogen) atoms. The van der Waals surface area contributed by atoms with Crippen molar-refractivity contribution in [2.45, 2.75) is 12.5 Å². The van der Waals surface area contributed by atoms with Crippen molar-refractivity contribution in [1.29, 1.82) is 0 Å². The average molecular weight is 377 g/mol. The molecule has 0 N–H and O–H groups in total. The maximum Gasteiger partial charge on any atom is 0.231 e. The molecule has 0 saturated heterocycles. The highest BCUT2D eigenvalue weighted by molar-refractivity contribution is 6.30. The number of para-hydroxylation sites is 1. The van der Waals surface area contributed by atoms with Crippen LogP contribution in [0.2, 0.25) is 5.02 Å². The zero-order valence-corrected chi connectivity index (χ0v) is 15.3. The number of anilines is 1. The highest BCUT2D eigenvalue weighted by Gasteiger charge is 2.31. The highest BCUT2D eigenvalue weighted by atomic mass is 35.5. The topological polar surface area (TPSA) is 34.1 Å². The van der Waals surface area contributed by atoms with E-state index in [4.69, 9.17) is 26.2 Å². The molecule has 0 aliphatic carbocycles. The smallest absolute Gasteiger partial charge is 0.231 e. The number of ether oxygens (including phenoxy) is 2. The van der Waals surface area contributed by atoms with Gasteiger partial charge < -0.3 is 9.47 Å². The van der Waals surface area contributed by atoms with Gasteiger partial charge in [0.15, 0.2) is 11.5 Å². The summed E-state index contributed by atoms with van der Waals surface area (Å²) in [6.07, 6.45) is 0.802. The number of halogens is 1. The lowest BCUT2D eigenvalue weighted by atomic mass is 9.98. The first-order valence-corrected chi connectivity index (χ1v) is 9.23. The summed E-state index contributed by atoms with van der Waals surface area (Å²) in [5.41, 5.74) is 4.33. The van der Waals surface area contributed by atoms with Crippen molar-refractivity contribution in [1.82, 2.24) is 0 Å². The summed E-state index contributed by atoms with van der Waals surface area (Å²) < 4.78 is 11.0. The zero-order chi connectivity index (χ0) is 18.2. The van der Waals surface area contributed by atoms with Gasteiger partial charge in [-0.15, -0.1) is 0 Å². The Morgan fingerprint density at radius 1 is 0.889 bits per heavy atom. The monoisotopic (exact) mass is 376 g/mol. The van der Waals surface area contributed by atoms with Crippen molar-refractivity contribution in [2.75, 3.05) is 11.8 Å². The van der Waals surface area contributed by atoms with Crippen molar-refractivity contribution in [3.8, 4) is 11.5 Å². The van der Waals surface area contributed by atoms with E-state index in [2.05, 4.69) is 29.3 Å². The average Bonchev–Trinajstić information content (AvgIpc) is 3.36. The van der Waals surface area contributed by atoms with Gasteiger partial charge in [0.1, 0.15) is 0 Å². The standard InChI is InChI=1S/C22H17ClN2O2/c23-17-9-6-15(7-10-17)19-13-20(25(24-19)18-4-2-1-3-5-18)16-8-11-21-22(12-16)27-14-26-21/h1-12,20H,13-14H2/t20-/m0/s1. The molecule has 4 nitrogen and oxygen atoms in total. The molecule has 2 aliphatic heterocycles. The number of hydrogen-bond donors (Lipinski definition) is 0. The minimum absolute atomic E-state index is 0.0904. The number of nitrogens with zero attached hydrogens (tertiary/aromatic N) is 2. The lowest BCUT2D eigenvalue weighted by Gasteiger charge is -2.24. The van der Waals surface area contributed by atoms with E-state index in [9.17, 15) is 0 Å². The van der Waals surface area contributed by atoms with Gasteiger partial charge in [-0.1, -0.05) is 48.0 Å². The molecule has 5 rings (SSSR count). The normalized spacial score (nSPS) is 17.9. The van der Waals surface area contributed by atoms with Crippen LogP contribution < -0.4 is 14.5 Å². The third kappa shape index (κ3) is 3.02. The van der Waals surface area contributed by atoms with Gasteiger partial charge in [0.25, 0.3) is 0 Å². The Hall–Kier alpha value is -2.98. The maximum atomic E-state index is 6.05. The van der Waals surface area contributed by atoms with E-state index >= 15 is 0 Å². The van der Waals surface area contributed by atoms with Gasteiger partial charge in [0, 0.05) is 11.4 Å². The van der Waals surface area contributed by atoms with Gasteiger partial charge in [0.05, 0.1) is 17.4 Å². The first-order chi connectivity index (χ1) is 13.3. The van der Waals surface area contributed by atoms with Crippen LogP contribution in [0.3, 0.4) is 0 Å². The van der Waals surface area contributed by atoms with Gasteiger partial charge in [0.2, 0.25) is 6.79 Å². The summed E-state index contributed by atoms with van der Waals surface area (Å²) in [5.74, 6) is 1.59. The van der Waals surface area contributed by atoms with Gasteiger partial charge in [-0.3, -0.25) is 5.01 Å². The van der Waals surface area contributed by atoms with Crippen LogP contribution in [0.4, 0.5) is 5.69 Å². The lowest BCUT2D eigenvalue weighted by Crippen LogP contribution is -2.18. The Balaban J connectivity index is 1.55. The number of hydrazone groups is 1. The van der Waals surface area contributed by atoms with Crippen LogP contribution in [0.1, 0.15) is 23.6 Å². The van der Waals surface area contributed by atoms with Crippen LogP contribution in [0.15, 0.2) is 77.9 Å². The molecule has 0 bridgehead atoms. The Morgan fingerprint density at radius 2 is 1.67 bits per heavy atom. The fraction of sp³-hybridized carbons (Fsp3) is 0.136. The largest absolute Gasteiger partial charge is 0.454 e. The SMILES string of the molecule is Clc1ccc(C2=NN(c3ccccc3)[C@H](c3ccc4c(c3)OCO4)C2)cc1. The molecule has 0 spiro atoms. The molecule has 0 amide bonds. The highest BCUT2D eigenvalue weighted by Crippen LogP contribution is 2.41. The second kappa shape index (κ2) is 6.63. The molecule has 5 heteroatoms. The Labute approximate surface area is 162 Å². The van der Waals surface area contributed by atoms with E-state index in [0.29, 0.717) is 0 Å². The first-order valence-electron chi connectivity index (χ1n) is 8.85. The number of fused-ring (bicyclic) bond motifs is 1. The van der Waals surface area contributed by atoms with E-state index < -0.39 is 0 Å². The van der Waals surface area contributed by atoms with Crippen LogP contribution in [-0.4, -0.2) is 12.5 Å². The molecule has 1 atom stereocenters. The molecule has 0 saturated carbocycles. The summed E-state index contributed by atoms with van der Waals surface area (Å²) in [7, 11) is 0. The van der Waals surface area contributed by atoms with Crippen LogP contribution >= 0.6 is 11.6 Å². The van der Waals surface area contributed by atoms with Crippen LogP contribution in [0, 0.1) is 0 Å². The number of rotatable bonds is 3. The van der Waals surface area contributed by atoms with Gasteiger partial charge in [-0.2, -0.15) is 5.10 Å². The van der Waals surface area contributed by atoms with Crippen LogP contribution in [0.25, 0.3) is 0 Å². The molecule has 0 aromatic heterocycles. The minimum Gasteiger partial charge on any atom is -0.454 e. The molecular formula is C22H17ClN2O2. The summed E-state index contributed by atoms with van der Waals surface area (Å²) in [5, 5.41) is 7.76. The summed E-state index contributed by atoms with van der Waals surface area (Å²) >= 11 is 6.05. The second-order valence-corrected chi connectivity index (χ2v) is 7.00. The van der Waals surface area contributed by atoms with Gasteiger partial charge >= 0.3 is 0 Å². The Morgan fingerprint density at radius 3 is 2.48 bits per heavy atom. The molecule has 134 valence electrons. The lowest BCUT2D eigenvalue weighted by molar-refractivity contribution is 0.174. The second-order valence-electron chi connectivity index (χ2n) is 6.57. The molecule has 0 fully saturated rings. The van der Waals surface area contributed by atoms with E-state index in [-0.39, 0.29) is 12.8 Å². The third-order valence-corrected chi connectivity index (χ3v) is 5.14. The van der Waals surface area contributed by atoms with Crippen molar-refractivity contribution >= 4 is 23.0 Å². The molecule has 3 aromatic rings. The first kappa shape index (κ1) is 16.2. The van der Waals surface area contributed by atoms with E-state index in [1.54, 1.807) is 0 Å². The number of benzene rings is 3. The quantitative estimate of drug-likeness (QED) is 0.611. The predicted octanol–water partition coefficient (Wildman–Crippen LogP) is 5.42. The molecule has 0 radical (unpaired) electrons. The zero-order valence-electron chi connectivity index (χ0n) is 14.5. The van der Waals surface area contributed by atoms with Gasteiger partial charge in [-0.25, -0.2) is 0 Å². The summed E-state index contributed by atoms with van der Waals surface area (Å²) in [6.45, 7) is 0.276. The van der Waals surface area contributed by atoms with Gasteiger partial charge in [-0.05, 0) is 47.5 Å². The van der Waals surface area contributed by atoms with Crippen molar-refractivity contribution in [3.05, 3.63) is 88.9 Å². The van der Waals surface area contributed by atoms with Crippen LogP contribution in [0.5, 0.6) is 11.5 Å². The van der Waals surface area contributed by atoms with Crippen molar-refractivity contribution in [2.24, 2.45) is 5.10 Å². The molecule has 2 aliphatic rings. The summed E-state index contributed by atoms with van der Waals surface area (Å²) in [4.78, 5) is 0. The molecule has 2 heterocycles. The van der Waals surface area contributed by atoms with E-state index in [1.165, 1.54) is 0 Å². The third-order valence-electron chi connectivity index (χ3n) is 4.89. The minimum atomic E-state index is 0.0904. The molecule has 3 aromatic carbocycles. The van der Waals surface area contributed by atoms with Crippen molar-refractivity contribution in [3.63, 3.8) is 0 Å². The maximum absolute atomic E-state index is 6.05. The molecular weight excluding hydrogens is 360 g/mol. The molecule has 0 unspecified atom stereocenters. The van der Waals surface area contributed by atoms with E-state index in [1.807, 2.05) is 48.5 Å². The fourth-order valence-electron chi connectivity index (χ4n) is 3.53. The number of hydrogen-bond acceptors (Lipinski definition) is 4. The Bertz CT molecular complexity index is 1000. The van der Waals surface area contributed by atoms with Crippen molar-refractivity contribution < 1.29 is 9.47 Å². The van der Waals surface area contributed by atoms with E-state index in [0.717, 1.165) is 45.5 Å². The summed E-state index contributed by atoms with van der Waals surface area (Å²) in [6, 6.07) is 24.3. The van der Waals surface area contributed by atoms with Crippen LogP contribution in [-0.2, 0) is 0 Å².